The molecule has 2 aliphatic rings. The average molecular weight is 345 g/mol. The molecule has 0 aliphatic carbocycles. The zero-order valence-electron chi connectivity index (χ0n) is 15.7. The highest BCUT2D eigenvalue weighted by molar-refractivity contribution is 5.74. The third-order valence-electron chi connectivity index (χ3n) is 5.26. The van der Waals surface area contributed by atoms with Crippen LogP contribution in [0.2, 0.25) is 0 Å². The van der Waals surface area contributed by atoms with E-state index in [1.165, 1.54) is 37.9 Å². The summed E-state index contributed by atoms with van der Waals surface area (Å²) in [6, 6.07) is 6.61. The number of nitrogens with zero attached hydrogens (tertiary/aromatic N) is 3. The molecule has 0 atom stereocenters. The van der Waals surface area contributed by atoms with Crippen LogP contribution in [0.25, 0.3) is 0 Å². The van der Waals surface area contributed by atoms with E-state index in [9.17, 15) is 4.79 Å². The summed E-state index contributed by atoms with van der Waals surface area (Å²) in [5, 5.41) is 0. The lowest BCUT2D eigenvalue weighted by molar-refractivity contribution is 0.150. The number of likely N-dealkylation sites (tertiary alicyclic amines) is 1. The fraction of sp³-hybridized carbons (Fsp3) is 0.650. The van der Waals surface area contributed by atoms with Gasteiger partial charge in [-0.25, -0.2) is 4.79 Å². The number of urea groups is 1. The van der Waals surface area contributed by atoms with E-state index in [0.717, 1.165) is 30.9 Å². The van der Waals surface area contributed by atoms with Crippen LogP contribution in [-0.2, 0) is 13.1 Å². The predicted molar refractivity (Wildman–Crippen MR) is 99.8 cm³/mol. The van der Waals surface area contributed by atoms with E-state index in [-0.39, 0.29) is 6.03 Å². The largest absolute Gasteiger partial charge is 0.491 e. The first-order chi connectivity index (χ1) is 12.2. The number of ether oxygens (including phenoxy) is 1. The molecule has 5 heteroatoms. The van der Waals surface area contributed by atoms with Crippen molar-refractivity contribution in [1.82, 2.24) is 14.7 Å². The average Bonchev–Trinajstić information content (AvgIpc) is 2.85. The summed E-state index contributed by atoms with van der Waals surface area (Å²) >= 11 is 0. The van der Waals surface area contributed by atoms with Crippen LogP contribution in [0.5, 0.6) is 5.75 Å². The maximum absolute atomic E-state index is 12.7. The second-order valence-electron chi connectivity index (χ2n) is 7.00. The lowest BCUT2D eigenvalue weighted by Gasteiger charge is -2.28. The SMILES string of the molecule is CCN(CC)C(=O)N1CCOc2ccc(CN3CCCCC3)cc2C1. The Morgan fingerprint density at radius 2 is 1.88 bits per heavy atom. The monoisotopic (exact) mass is 345 g/mol. The number of rotatable bonds is 4. The Morgan fingerprint density at radius 3 is 2.60 bits per heavy atom. The first-order valence-electron chi connectivity index (χ1n) is 9.72. The van der Waals surface area contributed by atoms with Crippen molar-refractivity contribution in [1.29, 1.82) is 0 Å². The molecule has 25 heavy (non-hydrogen) atoms. The van der Waals surface area contributed by atoms with Gasteiger partial charge in [-0.05, 0) is 57.5 Å². The van der Waals surface area contributed by atoms with Crippen molar-refractivity contribution in [3.8, 4) is 5.75 Å². The van der Waals surface area contributed by atoms with Crippen LogP contribution in [0.15, 0.2) is 18.2 Å². The Bertz CT molecular complexity index is 580. The van der Waals surface area contributed by atoms with Crippen molar-refractivity contribution in [3.63, 3.8) is 0 Å². The van der Waals surface area contributed by atoms with Crippen LogP contribution in [0.4, 0.5) is 4.79 Å². The molecule has 2 amide bonds. The van der Waals surface area contributed by atoms with Crippen molar-refractivity contribution in [3.05, 3.63) is 29.3 Å². The van der Waals surface area contributed by atoms with Crippen molar-refractivity contribution in [2.75, 3.05) is 39.3 Å². The third-order valence-corrected chi connectivity index (χ3v) is 5.26. The first kappa shape index (κ1) is 18.1. The normalized spacial score (nSPS) is 18.2. The number of carbonyl (C=O) groups is 1. The summed E-state index contributed by atoms with van der Waals surface area (Å²) in [5.74, 6) is 0.928. The number of amides is 2. The molecule has 138 valence electrons. The second kappa shape index (κ2) is 8.56. The predicted octanol–water partition coefficient (Wildman–Crippen LogP) is 3.33. The van der Waals surface area contributed by atoms with E-state index in [0.29, 0.717) is 19.7 Å². The number of carbonyl (C=O) groups excluding carboxylic acids is 1. The van der Waals surface area contributed by atoms with Crippen LogP contribution >= 0.6 is 0 Å². The van der Waals surface area contributed by atoms with Crippen molar-refractivity contribution in [2.45, 2.75) is 46.2 Å². The number of hydrogen-bond acceptors (Lipinski definition) is 3. The highest BCUT2D eigenvalue weighted by Gasteiger charge is 2.23. The molecule has 5 nitrogen and oxygen atoms in total. The summed E-state index contributed by atoms with van der Waals surface area (Å²) in [6.07, 6.45) is 3.97. The molecule has 1 fully saturated rings. The Morgan fingerprint density at radius 1 is 1.12 bits per heavy atom. The van der Waals surface area contributed by atoms with E-state index in [1.807, 2.05) is 23.6 Å². The molecular formula is C20H31N3O2. The third kappa shape index (κ3) is 4.46. The summed E-state index contributed by atoms with van der Waals surface area (Å²) in [7, 11) is 0. The Balaban J connectivity index is 1.72. The van der Waals surface area contributed by atoms with Crippen LogP contribution < -0.4 is 4.74 Å². The number of benzene rings is 1. The Kier molecular flexibility index (Phi) is 6.19. The van der Waals surface area contributed by atoms with Crippen LogP contribution in [0.1, 0.15) is 44.2 Å². The molecule has 1 aromatic carbocycles. The highest BCUT2D eigenvalue weighted by atomic mass is 16.5. The zero-order valence-corrected chi connectivity index (χ0v) is 15.7. The van der Waals surface area contributed by atoms with Gasteiger partial charge in [0.25, 0.3) is 0 Å². The minimum Gasteiger partial charge on any atom is -0.491 e. The molecule has 0 aromatic heterocycles. The van der Waals surface area contributed by atoms with Crippen LogP contribution in [0, 0.1) is 0 Å². The standard InChI is InChI=1S/C20H31N3O2/c1-3-22(4-2)20(24)23-12-13-25-19-9-8-17(14-18(19)16-23)15-21-10-6-5-7-11-21/h8-9,14H,3-7,10-13,15-16H2,1-2H3. The molecule has 2 heterocycles. The Hall–Kier alpha value is -1.75. The molecule has 0 N–H and O–H groups in total. The van der Waals surface area contributed by atoms with Crippen molar-refractivity contribution >= 4 is 6.03 Å². The molecule has 0 spiro atoms. The lowest BCUT2D eigenvalue weighted by Crippen LogP contribution is -2.43. The first-order valence-corrected chi connectivity index (χ1v) is 9.72. The lowest BCUT2D eigenvalue weighted by atomic mass is 10.1. The van der Waals surface area contributed by atoms with Gasteiger partial charge in [0.1, 0.15) is 12.4 Å². The van der Waals surface area contributed by atoms with Gasteiger partial charge < -0.3 is 14.5 Å². The van der Waals surface area contributed by atoms with Gasteiger partial charge >= 0.3 is 6.03 Å². The zero-order chi connectivity index (χ0) is 17.6. The molecule has 0 radical (unpaired) electrons. The van der Waals surface area contributed by atoms with E-state index in [1.54, 1.807) is 0 Å². The molecule has 1 aromatic rings. The minimum atomic E-state index is 0.114. The molecule has 3 rings (SSSR count). The molecule has 0 saturated carbocycles. The van der Waals surface area contributed by atoms with Crippen molar-refractivity contribution in [2.24, 2.45) is 0 Å². The molecule has 0 bridgehead atoms. The molecule has 0 unspecified atom stereocenters. The van der Waals surface area contributed by atoms with Gasteiger partial charge in [-0.3, -0.25) is 4.90 Å². The van der Waals surface area contributed by atoms with E-state index >= 15 is 0 Å². The van der Waals surface area contributed by atoms with E-state index in [2.05, 4.69) is 23.1 Å². The smallest absolute Gasteiger partial charge is 0.320 e. The molecule has 2 aliphatic heterocycles. The Labute approximate surface area is 151 Å². The summed E-state index contributed by atoms with van der Waals surface area (Å²) in [4.78, 5) is 19.0. The van der Waals surface area contributed by atoms with Crippen LogP contribution in [0.3, 0.4) is 0 Å². The van der Waals surface area contributed by atoms with E-state index < -0.39 is 0 Å². The maximum atomic E-state index is 12.7. The van der Waals surface area contributed by atoms with Gasteiger partial charge in [-0.2, -0.15) is 0 Å². The topological polar surface area (TPSA) is 36.0 Å². The fourth-order valence-corrected chi connectivity index (χ4v) is 3.78. The van der Waals surface area contributed by atoms with Gasteiger partial charge in [-0.1, -0.05) is 12.5 Å². The number of hydrogen-bond donors (Lipinski definition) is 0. The second-order valence-corrected chi connectivity index (χ2v) is 7.00. The van der Waals surface area contributed by atoms with Gasteiger partial charge in [0, 0.05) is 25.2 Å². The molecule has 1 saturated heterocycles. The fourth-order valence-electron chi connectivity index (χ4n) is 3.78. The van der Waals surface area contributed by atoms with Crippen molar-refractivity contribution < 1.29 is 9.53 Å². The van der Waals surface area contributed by atoms with Gasteiger partial charge in [-0.15, -0.1) is 0 Å². The van der Waals surface area contributed by atoms with Gasteiger partial charge in [0.2, 0.25) is 0 Å². The van der Waals surface area contributed by atoms with Crippen LogP contribution in [-0.4, -0.2) is 60.1 Å². The minimum absolute atomic E-state index is 0.114. The quantitative estimate of drug-likeness (QED) is 0.840. The summed E-state index contributed by atoms with van der Waals surface area (Å²) in [6.45, 7) is 10.8. The highest BCUT2D eigenvalue weighted by Crippen LogP contribution is 2.26. The summed E-state index contributed by atoms with van der Waals surface area (Å²) < 4.78 is 5.89. The number of fused-ring (bicyclic) bond motifs is 1. The molecular weight excluding hydrogens is 314 g/mol. The van der Waals surface area contributed by atoms with Gasteiger partial charge in [0.05, 0.1) is 13.1 Å². The van der Waals surface area contributed by atoms with E-state index in [4.69, 9.17) is 4.74 Å². The summed E-state index contributed by atoms with van der Waals surface area (Å²) in [5.41, 5.74) is 2.45. The van der Waals surface area contributed by atoms with Gasteiger partial charge in [0.15, 0.2) is 0 Å². The number of piperidine rings is 1. The maximum Gasteiger partial charge on any atom is 0.320 e.